The van der Waals surface area contributed by atoms with Crippen LogP contribution in [-0.2, 0) is 22.0 Å². The zero-order valence-electron chi connectivity index (χ0n) is 12.3. The van der Waals surface area contributed by atoms with E-state index < -0.39 is 10.0 Å². The van der Waals surface area contributed by atoms with Crippen molar-refractivity contribution in [3.63, 3.8) is 0 Å². The van der Waals surface area contributed by atoms with Crippen molar-refractivity contribution in [2.24, 2.45) is 5.73 Å². The Kier molecular flexibility index (Phi) is 4.36. The highest BCUT2D eigenvalue weighted by Gasteiger charge is 2.22. The van der Waals surface area contributed by atoms with Crippen LogP contribution in [0.4, 0.5) is 5.13 Å². The Morgan fingerprint density at radius 2 is 1.95 bits per heavy atom. The molecule has 0 bridgehead atoms. The number of anilines is 1. The van der Waals surface area contributed by atoms with Crippen molar-refractivity contribution >= 4 is 26.5 Å². The highest BCUT2D eigenvalue weighted by Crippen LogP contribution is 2.28. The molecule has 1 aromatic heterocycles. The fraction of sp³-hybridized carbons (Fsp3) is 0.357. The molecule has 0 aliphatic heterocycles. The third kappa shape index (κ3) is 3.61. The lowest BCUT2D eigenvalue weighted by molar-refractivity contribution is 0.573. The molecule has 21 heavy (non-hydrogen) atoms. The van der Waals surface area contributed by atoms with Crippen LogP contribution < -0.4 is 10.5 Å². The molecule has 0 aliphatic rings. The maximum atomic E-state index is 12.4. The maximum Gasteiger partial charge on any atom is 0.263 e. The van der Waals surface area contributed by atoms with E-state index in [1.165, 1.54) is 11.3 Å². The van der Waals surface area contributed by atoms with Crippen LogP contribution >= 0.6 is 11.3 Å². The first-order valence-corrected chi connectivity index (χ1v) is 8.87. The van der Waals surface area contributed by atoms with Crippen molar-refractivity contribution < 1.29 is 8.42 Å². The minimum atomic E-state index is -3.67. The summed E-state index contributed by atoms with van der Waals surface area (Å²) in [5, 5.41) is 2.24. The molecule has 0 saturated heterocycles. The van der Waals surface area contributed by atoms with Gasteiger partial charge in [0.2, 0.25) is 0 Å². The molecule has 0 fully saturated rings. The van der Waals surface area contributed by atoms with Crippen LogP contribution in [0.3, 0.4) is 0 Å². The Balaban J connectivity index is 2.32. The third-order valence-electron chi connectivity index (χ3n) is 2.98. The molecule has 2 rings (SSSR count). The van der Waals surface area contributed by atoms with E-state index in [1.54, 1.807) is 24.3 Å². The van der Waals surface area contributed by atoms with E-state index >= 15 is 0 Å². The molecule has 0 atom stereocenters. The topological polar surface area (TPSA) is 85.1 Å². The molecule has 0 unspecified atom stereocenters. The van der Waals surface area contributed by atoms with Crippen molar-refractivity contribution in [3.8, 4) is 0 Å². The zero-order chi connectivity index (χ0) is 15.7. The second-order valence-corrected chi connectivity index (χ2v) is 8.21. The number of aromatic nitrogens is 1. The van der Waals surface area contributed by atoms with Gasteiger partial charge in [-0.2, -0.15) is 0 Å². The van der Waals surface area contributed by atoms with E-state index in [0.29, 0.717) is 10.7 Å². The molecule has 0 aliphatic carbocycles. The Hall–Kier alpha value is -1.44. The maximum absolute atomic E-state index is 12.4. The van der Waals surface area contributed by atoms with Gasteiger partial charge in [0.1, 0.15) is 0 Å². The largest absolute Gasteiger partial charge is 0.326 e. The highest BCUT2D eigenvalue weighted by molar-refractivity contribution is 7.93. The summed E-state index contributed by atoms with van der Waals surface area (Å²) in [5.74, 6) is 0. The lowest BCUT2D eigenvalue weighted by Crippen LogP contribution is -2.17. The van der Waals surface area contributed by atoms with Gasteiger partial charge in [0.15, 0.2) is 5.13 Å². The molecule has 0 spiro atoms. The number of hydrogen-bond donors (Lipinski definition) is 2. The van der Waals surface area contributed by atoms with Crippen LogP contribution in [0, 0.1) is 0 Å². The number of sulfonamides is 1. The SMILES string of the molecule is CC(C)(C)c1csc(NS(=O)(=O)c2ccccc2CN)n1. The van der Waals surface area contributed by atoms with E-state index in [9.17, 15) is 8.42 Å². The lowest BCUT2D eigenvalue weighted by Gasteiger charge is -2.14. The van der Waals surface area contributed by atoms with Crippen molar-refractivity contribution in [1.82, 2.24) is 4.98 Å². The average molecular weight is 325 g/mol. The first kappa shape index (κ1) is 15.9. The van der Waals surface area contributed by atoms with Crippen LogP contribution in [-0.4, -0.2) is 13.4 Å². The van der Waals surface area contributed by atoms with E-state index in [4.69, 9.17) is 5.73 Å². The van der Waals surface area contributed by atoms with E-state index in [1.807, 2.05) is 26.2 Å². The molecule has 1 heterocycles. The number of nitrogens with zero attached hydrogens (tertiary/aromatic N) is 1. The second kappa shape index (κ2) is 5.75. The van der Waals surface area contributed by atoms with Gasteiger partial charge in [0.25, 0.3) is 10.0 Å². The smallest absolute Gasteiger partial charge is 0.263 e. The monoisotopic (exact) mass is 325 g/mol. The highest BCUT2D eigenvalue weighted by atomic mass is 32.2. The summed E-state index contributed by atoms with van der Waals surface area (Å²) in [5.41, 5.74) is 6.92. The van der Waals surface area contributed by atoms with Gasteiger partial charge in [-0.1, -0.05) is 39.0 Å². The van der Waals surface area contributed by atoms with Gasteiger partial charge in [-0.15, -0.1) is 11.3 Å². The fourth-order valence-electron chi connectivity index (χ4n) is 1.77. The molecule has 5 nitrogen and oxygen atoms in total. The summed E-state index contributed by atoms with van der Waals surface area (Å²) < 4.78 is 27.4. The predicted octanol–water partition coefficient (Wildman–Crippen LogP) is 2.70. The predicted molar refractivity (Wildman–Crippen MR) is 86.0 cm³/mol. The van der Waals surface area contributed by atoms with E-state index in [2.05, 4.69) is 9.71 Å². The molecule has 0 radical (unpaired) electrons. The summed E-state index contributed by atoms with van der Waals surface area (Å²) in [6, 6.07) is 6.69. The lowest BCUT2D eigenvalue weighted by atomic mass is 9.93. The minimum Gasteiger partial charge on any atom is -0.326 e. The van der Waals surface area contributed by atoms with Gasteiger partial charge in [-0.05, 0) is 11.6 Å². The average Bonchev–Trinajstić information content (AvgIpc) is 2.86. The Labute approximate surface area is 129 Å². The van der Waals surface area contributed by atoms with Crippen molar-refractivity contribution in [2.45, 2.75) is 37.6 Å². The number of thiazole rings is 1. The number of benzene rings is 1. The zero-order valence-corrected chi connectivity index (χ0v) is 13.9. The standard InChI is InChI=1S/C14H19N3O2S2/c1-14(2,3)12-9-20-13(16-12)17-21(18,19)11-7-5-4-6-10(11)8-15/h4-7,9H,8,15H2,1-3H3,(H,16,17). The first-order valence-electron chi connectivity index (χ1n) is 6.51. The summed E-state index contributed by atoms with van der Waals surface area (Å²) in [6.45, 7) is 6.26. The summed E-state index contributed by atoms with van der Waals surface area (Å²) >= 11 is 1.28. The summed E-state index contributed by atoms with van der Waals surface area (Å²) in [4.78, 5) is 4.54. The number of nitrogens with two attached hydrogens (primary N) is 1. The molecule has 7 heteroatoms. The Morgan fingerprint density at radius 1 is 1.29 bits per heavy atom. The van der Waals surface area contributed by atoms with Crippen molar-refractivity contribution in [2.75, 3.05) is 4.72 Å². The summed E-state index contributed by atoms with van der Waals surface area (Å²) in [6.07, 6.45) is 0. The second-order valence-electron chi connectivity index (χ2n) is 5.71. The van der Waals surface area contributed by atoms with E-state index in [-0.39, 0.29) is 16.9 Å². The quantitative estimate of drug-likeness (QED) is 0.905. The van der Waals surface area contributed by atoms with Crippen molar-refractivity contribution in [3.05, 3.63) is 40.9 Å². The van der Waals surface area contributed by atoms with Crippen LogP contribution in [0.5, 0.6) is 0 Å². The van der Waals surface area contributed by atoms with Crippen LogP contribution in [0.25, 0.3) is 0 Å². The fourth-order valence-corrected chi connectivity index (χ4v) is 4.21. The van der Waals surface area contributed by atoms with Gasteiger partial charge < -0.3 is 5.73 Å². The molecular formula is C14H19N3O2S2. The molecular weight excluding hydrogens is 306 g/mol. The Bertz CT molecular complexity index is 731. The van der Waals surface area contributed by atoms with Gasteiger partial charge in [-0.25, -0.2) is 13.4 Å². The van der Waals surface area contributed by atoms with Gasteiger partial charge in [-0.3, -0.25) is 4.72 Å². The normalized spacial score (nSPS) is 12.4. The van der Waals surface area contributed by atoms with Gasteiger partial charge in [0.05, 0.1) is 10.6 Å². The number of hydrogen-bond acceptors (Lipinski definition) is 5. The van der Waals surface area contributed by atoms with Crippen LogP contribution in [0.2, 0.25) is 0 Å². The molecule has 1 aromatic carbocycles. The molecule has 2 aromatic rings. The molecule has 114 valence electrons. The molecule has 3 N–H and O–H groups in total. The molecule has 0 saturated carbocycles. The van der Waals surface area contributed by atoms with Gasteiger partial charge in [0, 0.05) is 17.3 Å². The first-order chi connectivity index (χ1) is 9.74. The van der Waals surface area contributed by atoms with E-state index in [0.717, 1.165) is 5.69 Å². The number of nitrogens with one attached hydrogen (secondary N) is 1. The van der Waals surface area contributed by atoms with Gasteiger partial charge >= 0.3 is 0 Å². The Morgan fingerprint density at radius 3 is 2.52 bits per heavy atom. The summed E-state index contributed by atoms with van der Waals surface area (Å²) in [7, 11) is -3.67. The third-order valence-corrected chi connectivity index (χ3v) is 5.30. The molecule has 0 amide bonds. The van der Waals surface area contributed by atoms with Crippen LogP contribution in [0.15, 0.2) is 34.5 Å². The van der Waals surface area contributed by atoms with Crippen molar-refractivity contribution in [1.29, 1.82) is 0 Å². The minimum absolute atomic E-state index is 0.116. The number of rotatable bonds is 4. The van der Waals surface area contributed by atoms with Crippen LogP contribution in [0.1, 0.15) is 32.0 Å².